The van der Waals surface area contributed by atoms with Crippen LogP contribution in [-0.4, -0.2) is 17.7 Å². The lowest BCUT2D eigenvalue weighted by Crippen LogP contribution is -2.31. The van der Waals surface area contributed by atoms with E-state index in [1.807, 2.05) is 24.3 Å². The summed E-state index contributed by atoms with van der Waals surface area (Å²) < 4.78 is 0.987. The molecule has 22 heavy (non-hydrogen) atoms. The molecule has 0 spiro atoms. The first-order valence-corrected chi connectivity index (χ1v) is 7.69. The number of Topliss-reactive ketones (excluding diaryl/α,β-unsaturated/α-hetero) is 1. The Labute approximate surface area is 138 Å². The lowest BCUT2D eigenvalue weighted by Gasteiger charge is -2.15. The van der Waals surface area contributed by atoms with Gasteiger partial charge in [0.2, 0.25) is 5.91 Å². The van der Waals surface area contributed by atoms with E-state index < -0.39 is 0 Å². The molecule has 2 aromatic rings. The summed E-state index contributed by atoms with van der Waals surface area (Å²) in [5.41, 5.74) is 2.16. The van der Waals surface area contributed by atoms with Gasteiger partial charge in [-0.3, -0.25) is 9.59 Å². The Morgan fingerprint density at radius 2 is 1.50 bits per heavy atom. The van der Waals surface area contributed by atoms with Crippen LogP contribution in [0.3, 0.4) is 0 Å². The van der Waals surface area contributed by atoms with E-state index in [1.54, 1.807) is 31.2 Å². The van der Waals surface area contributed by atoms with Crippen molar-refractivity contribution in [3.05, 3.63) is 58.6 Å². The second-order valence-corrected chi connectivity index (χ2v) is 5.91. The summed E-state index contributed by atoms with van der Waals surface area (Å²) >= 11 is 3.37. The number of hydrogen-bond acceptors (Lipinski definition) is 3. The zero-order chi connectivity index (χ0) is 16.1. The first-order chi connectivity index (χ1) is 10.5. The summed E-state index contributed by atoms with van der Waals surface area (Å²) in [7, 11) is 0. The van der Waals surface area contributed by atoms with E-state index in [9.17, 15) is 9.59 Å². The van der Waals surface area contributed by atoms with Gasteiger partial charge in [-0.1, -0.05) is 15.9 Å². The fourth-order valence-electron chi connectivity index (χ4n) is 1.90. The number of carbonyl (C=O) groups is 2. The molecule has 0 saturated carbocycles. The second-order valence-electron chi connectivity index (χ2n) is 5.00. The van der Waals surface area contributed by atoms with E-state index in [0.29, 0.717) is 11.3 Å². The van der Waals surface area contributed by atoms with Gasteiger partial charge in [0.25, 0.3) is 0 Å². The quantitative estimate of drug-likeness (QED) is 0.789. The molecule has 2 aromatic carbocycles. The minimum Gasteiger partial charge on any atom is -0.374 e. The van der Waals surface area contributed by atoms with Crippen molar-refractivity contribution in [1.82, 2.24) is 0 Å². The highest BCUT2D eigenvalue weighted by Gasteiger charge is 2.12. The largest absolute Gasteiger partial charge is 0.374 e. The van der Waals surface area contributed by atoms with E-state index in [2.05, 4.69) is 26.6 Å². The van der Waals surface area contributed by atoms with Gasteiger partial charge in [-0.25, -0.2) is 0 Å². The molecule has 1 atom stereocenters. The summed E-state index contributed by atoms with van der Waals surface area (Å²) in [4.78, 5) is 23.4. The Bertz CT molecular complexity index is 666. The van der Waals surface area contributed by atoms with Crippen molar-refractivity contribution < 1.29 is 9.59 Å². The van der Waals surface area contributed by atoms with Crippen LogP contribution in [0.1, 0.15) is 24.2 Å². The minimum atomic E-state index is -0.381. The first kappa shape index (κ1) is 16.2. The molecule has 1 unspecified atom stereocenters. The molecule has 0 heterocycles. The minimum absolute atomic E-state index is 0.00292. The van der Waals surface area contributed by atoms with Gasteiger partial charge in [0, 0.05) is 21.4 Å². The van der Waals surface area contributed by atoms with Crippen molar-refractivity contribution >= 4 is 39.0 Å². The maximum absolute atomic E-state index is 12.2. The van der Waals surface area contributed by atoms with Gasteiger partial charge in [-0.15, -0.1) is 0 Å². The van der Waals surface area contributed by atoms with Crippen LogP contribution in [0.15, 0.2) is 53.0 Å². The predicted octanol–water partition coefficient (Wildman–Crippen LogP) is 4.09. The van der Waals surface area contributed by atoms with Crippen molar-refractivity contribution in [2.75, 3.05) is 10.6 Å². The molecule has 2 N–H and O–H groups in total. The molecule has 0 aliphatic heterocycles. The molecule has 0 aromatic heterocycles. The van der Waals surface area contributed by atoms with Crippen molar-refractivity contribution in [2.45, 2.75) is 19.9 Å². The molecule has 1 amide bonds. The molecule has 0 fully saturated rings. The SMILES string of the molecule is CC(=O)c1ccc(NC(=O)C(C)Nc2ccc(Br)cc2)cc1. The number of carbonyl (C=O) groups excluding carboxylic acids is 2. The Morgan fingerprint density at radius 3 is 2.05 bits per heavy atom. The van der Waals surface area contributed by atoms with Crippen LogP contribution in [0.2, 0.25) is 0 Å². The number of anilines is 2. The second kappa shape index (κ2) is 7.22. The molecule has 0 saturated heterocycles. The van der Waals surface area contributed by atoms with Crippen molar-refractivity contribution in [3.63, 3.8) is 0 Å². The van der Waals surface area contributed by atoms with Crippen LogP contribution in [0.5, 0.6) is 0 Å². The maximum Gasteiger partial charge on any atom is 0.246 e. The summed E-state index contributed by atoms with van der Waals surface area (Å²) in [5, 5.41) is 5.95. The fourth-order valence-corrected chi connectivity index (χ4v) is 2.16. The first-order valence-electron chi connectivity index (χ1n) is 6.89. The smallest absolute Gasteiger partial charge is 0.246 e. The molecule has 114 valence electrons. The van der Waals surface area contributed by atoms with E-state index in [0.717, 1.165) is 10.2 Å². The summed E-state index contributed by atoms with van der Waals surface area (Å²) in [5.74, 6) is -0.137. The number of benzene rings is 2. The van der Waals surface area contributed by atoms with Crippen LogP contribution in [0.4, 0.5) is 11.4 Å². The predicted molar refractivity (Wildman–Crippen MR) is 92.3 cm³/mol. The molecular formula is C17H17BrN2O2. The van der Waals surface area contributed by atoms with Crippen molar-refractivity contribution in [3.8, 4) is 0 Å². The van der Waals surface area contributed by atoms with Crippen LogP contribution in [0, 0.1) is 0 Å². The van der Waals surface area contributed by atoms with Crippen LogP contribution < -0.4 is 10.6 Å². The zero-order valence-corrected chi connectivity index (χ0v) is 14.0. The van der Waals surface area contributed by atoms with E-state index >= 15 is 0 Å². The highest BCUT2D eigenvalue weighted by atomic mass is 79.9. The molecular weight excluding hydrogens is 344 g/mol. The Hall–Kier alpha value is -2.14. The molecule has 0 aliphatic rings. The average Bonchev–Trinajstić information content (AvgIpc) is 2.50. The molecule has 0 radical (unpaired) electrons. The maximum atomic E-state index is 12.2. The summed E-state index contributed by atoms with van der Waals surface area (Å²) in [6.07, 6.45) is 0. The van der Waals surface area contributed by atoms with E-state index in [1.165, 1.54) is 6.92 Å². The van der Waals surface area contributed by atoms with Gasteiger partial charge in [-0.2, -0.15) is 0 Å². The Balaban J connectivity index is 1.95. The lowest BCUT2D eigenvalue weighted by atomic mass is 10.1. The standard InChI is InChI=1S/C17H17BrN2O2/c1-11(19-15-9-5-14(18)6-10-15)17(22)20-16-7-3-13(4-8-16)12(2)21/h3-11,19H,1-2H3,(H,20,22). The number of ketones is 1. The zero-order valence-electron chi connectivity index (χ0n) is 12.4. The van der Waals surface area contributed by atoms with Crippen LogP contribution in [-0.2, 0) is 4.79 Å². The fraction of sp³-hybridized carbons (Fsp3) is 0.176. The molecule has 0 bridgehead atoms. The van der Waals surface area contributed by atoms with Gasteiger partial charge < -0.3 is 10.6 Å². The summed E-state index contributed by atoms with van der Waals surface area (Å²) in [6.45, 7) is 3.30. The third kappa shape index (κ3) is 4.43. The highest BCUT2D eigenvalue weighted by Crippen LogP contribution is 2.16. The van der Waals surface area contributed by atoms with Crippen molar-refractivity contribution in [2.24, 2.45) is 0 Å². The number of amides is 1. The molecule has 0 aliphatic carbocycles. The lowest BCUT2D eigenvalue weighted by molar-refractivity contribution is -0.116. The molecule has 5 heteroatoms. The normalized spacial score (nSPS) is 11.6. The van der Waals surface area contributed by atoms with Gasteiger partial charge in [0.1, 0.15) is 6.04 Å². The molecule has 4 nitrogen and oxygen atoms in total. The number of rotatable bonds is 5. The van der Waals surface area contributed by atoms with Gasteiger partial charge in [0.15, 0.2) is 5.78 Å². The topological polar surface area (TPSA) is 58.2 Å². The van der Waals surface area contributed by atoms with Gasteiger partial charge >= 0.3 is 0 Å². The Kier molecular flexibility index (Phi) is 5.33. The number of halogens is 1. The van der Waals surface area contributed by atoms with Crippen LogP contribution in [0.25, 0.3) is 0 Å². The van der Waals surface area contributed by atoms with Gasteiger partial charge in [0.05, 0.1) is 0 Å². The third-order valence-electron chi connectivity index (χ3n) is 3.18. The van der Waals surface area contributed by atoms with Crippen LogP contribution >= 0.6 is 15.9 Å². The monoisotopic (exact) mass is 360 g/mol. The van der Waals surface area contributed by atoms with E-state index in [4.69, 9.17) is 0 Å². The number of hydrogen-bond donors (Lipinski definition) is 2. The number of nitrogens with one attached hydrogen (secondary N) is 2. The Morgan fingerprint density at radius 1 is 0.955 bits per heavy atom. The summed E-state index contributed by atoms with van der Waals surface area (Å²) in [6, 6.07) is 14.1. The van der Waals surface area contributed by atoms with E-state index in [-0.39, 0.29) is 17.7 Å². The van der Waals surface area contributed by atoms with Gasteiger partial charge in [-0.05, 0) is 62.4 Å². The third-order valence-corrected chi connectivity index (χ3v) is 3.71. The molecule has 2 rings (SSSR count). The van der Waals surface area contributed by atoms with Crippen molar-refractivity contribution in [1.29, 1.82) is 0 Å². The highest BCUT2D eigenvalue weighted by molar-refractivity contribution is 9.10. The average molecular weight is 361 g/mol.